The van der Waals surface area contributed by atoms with Crippen molar-refractivity contribution < 1.29 is 33.1 Å². The third-order valence-corrected chi connectivity index (χ3v) is 13.0. The largest absolute Gasteiger partial charge is 0.420 e. The maximum atomic E-state index is 15.0. The number of nitrogens with one attached hydrogen (secondary N) is 2. The van der Waals surface area contributed by atoms with Gasteiger partial charge >= 0.3 is 5.76 Å². The average Bonchev–Trinajstić information content (AvgIpc) is 3.62. The van der Waals surface area contributed by atoms with Crippen molar-refractivity contribution >= 4 is 40.7 Å². The van der Waals surface area contributed by atoms with E-state index in [1.54, 1.807) is 58.5 Å². The van der Waals surface area contributed by atoms with Gasteiger partial charge in [-0.2, -0.15) is 0 Å². The molecule has 328 valence electrons. The maximum absolute atomic E-state index is 15.0. The molecule has 0 bridgehead atoms. The van der Waals surface area contributed by atoms with Crippen molar-refractivity contribution in [1.29, 1.82) is 0 Å². The molecule has 4 aliphatic rings. The fraction of sp³-hybridized carbons (Fsp3) is 0.422. The molecule has 63 heavy (non-hydrogen) atoms. The van der Waals surface area contributed by atoms with Gasteiger partial charge in [0.15, 0.2) is 11.4 Å². The molecule has 4 amide bonds. The number of oxazole rings is 1. The minimum absolute atomic E-state index is 0.0432. The molecular formula is C45H48FN9O8. The molecule has 17 nitrogen and oxygen atoms in total. The Hall–Kier alpha value is -6.53. The van der Waals surface area contributed by atoms with Gasteiger partial charge in [-0.1, -0.05) is 24.3 Å². The number of pyridine rings is 1. The van der Waals surface area contributed by atoms with E-state index in [0.717, 1.165) is 24.6 Å². The van der Waals surface area contributed by atoms with E-state index < -0.39 is 29.1 Å². The Morgan fingerprint density at radius 1 is 0.889 bits per heavy atom. The highest BCUT2D eigenvalue weighted by molar-refractivity contribution is 6.00. The van der Waals surface area contributed by atoms with E-state index in [0.29, 0.717) is 61.4 Å². The third-order valence-electron chi connectivity index (χ3n) is 13.0. The summed E-state index contributed by atoms with van der Waals surface area (Å²) in [6.45, 7) is 2.97. The molecule has 4 fully saturated rings. The van der Waals surface area contributed by atoms with Crippen LogP contribution in [-0.2, 0) is 19.2 Å². The average molecular weight is 862 g/mol. The minimum Gasteiger partial charge on any atom is -0.408 e. The van der Waals surface area contributed by atoms with Crippen LogP contribution in [0.15, 0.2) is 87.1 Å². The number of anilines is 1. The SMILES string of the molecule is O=C1CCC(n2c(=O)oc3cc(C4CCN(CC(=O)N5CCC(O)(C(=O)N6CCC(Nc7ncc(F)c(-c8cccc(-n9ccccc9=O)c8)n7)CC6)CC5)CC4)ccc32)C(=O)N1. The van der Waals surface area contributed by atoms with Gasteiger partial charge in [-0.05, 0) is 87.0 Å². The standard InChI is InChI=1S/C45H48FN9O8/c46-33-26-47-43(50-40(33)30-4-3-5-32(24-30)54-17-2-1-6-38(54)57)48-31-13-20-53(21-14-31)42(60)45(62)15-22-52(23-16-45)39(58)27-51-18-11-28(12-19-51)29-7-8-34-36(25-29)63-44(61)55(34)35-9-10-37(56)49-41(35)59/h1-8,17,24-26,28,31,35,62H,9-16,18-23,27H2,(H,47,48,50)(H,49,56,59). The molecule has 18 heteroatoms. The molecule has 1 unspecified atom stereocenters. The zero-order chi connectivity index (χ0) is 43.8. The predicted octanol–water partition coefficient (Wildman–Crippen LogP) is 2.96. The molecule has 1 atom stereocenters. The zero-order valence-corrected chi connectivity index (χ0v) is 34.6. The van der Waals surface area contributed by atoms with E-state index >= 15 is 4.39 Å². The Balaban J connectivity index is 0.730. The summed E-state index contributed by atoms with van der Waals surface area (Å²) in [6, 6.07) is 16.4. The van der Waals surface area contributed by atoms with Crippen molar-refractivity contribution in [3.8, 4) is 16.9 Å². The summed E-state index contributed by atoms with van der Waals surface area (Å²) in [5.41, 5.74) is 1.28. The normalized spacial score (nSPS) is 20.2. The first kappa shape index (κ1) is 41.8. The smallest absolute Gasteiger partial charge is 0.408 e. The van der Waals surface area contributed by atoms with Crippen LogP contribution in [-0.4, -0.2) is 120 Å². The van der Waals surface area contributed by atoms with Gasteiger partial charge in [0, 0.05) is 75.0 Å². The fourth-order valence-electron chi connectivity index (χ4n) is 9.37. The first-order chi connectivity index (χ1) is 30.4. The second kappa shape index (κ2) is 17.3. The van der Waals surface area contributed by atoms with Gasteiger partial charge in [-0.3, -0.25) is 43.3 Å². The molecule has 5 aromatic rings. The van der Waals surface area contributed by atoms with E-state index in [2.05, 4.69) is 25.5 Å². The number of hydrogen-bond acceptors (Lipinski definition) is 12. The summed E-state index contributed by atoms with van der Waals surface area (Å²) in [5.74, 6) is -2.06. The Labute approximate surface area is 360 Å². The number of rotatable bonds is 9. The van der Waals surface area contributed by atoms with Crippen LogP contribution in [0.25, 0.3) is 28.0 Å². The van der Waals surface area contributed by atoms with Gasteiger partial charge < -0.3 is 24.6 Å². The van der Waals surface area contributed by atoms with Crippen LogP contribution in [0.2, 0.25) is 0 Å². The van der Waals surface area contributed by atoms with Gasteiger partial charge in [0.05, 0.1) is 18.3 Å². The van der Waals surface area contributed by atoms with E-state index in [1.165, 1.54) is 15.2 Å². The number of carbonyl (C=O) groups is 4. The molecule has 4 aliphatic heterocycles. The first-order valence-electron chi connectivity index (χ1n) is 21.5. The van der Waals surface area contributed by atoms with Gasteiger partial charge in [-0.25, -0.2) is 19.2 Å². The topological polar surface area (TPSA) is 205 Å². The van der Waals surface area contributed by atoms with Crippen LogP contribution in [0.4, 0.5) is 10.3 Å². The number of nitrogens with zero attached hydrogens (tertiary/aromatic N) is 7. The highest BCUT2D eigenvalue weighted by Gasteiger charge is 2.44. The van der Waals surface area contributed by atoms with Crippen LogP contribution in [0.5, 0.6) is 0 Å². The van der Waals surface area contributed by atoms with E-state index in [1.807, 2.05) is 12.1 Å². The Kier molecular flexibility index (Phi) is 11.5. The van der Waals surface area contributed by atoms with Crippen LogP contribution in [0, 0.1) is 5.82 Å². The van der Waals surface area contributed by atoms with Gasteiger partial charge in [-0.15, -0.1) is 0 Å². The number of carbonyl (C=O) groups excluding carboxylic acids is 4. The molecule has 7 heterocycles. The molecule has 0 saturated carbocycles. The van der Waals surface area contributed by atoms with Crippen LogP contribution < -0.4 is 21.9 Å². The monoisotopic (exact) mass is 861 g/mol. The van der Waals surface area contributed by atoms with Gasteiger partial charge in [0.1, 0.15) is 17.3 Å². The lowest BCUT2D eigenvalue weighted by molar-refractivity contribution is -0.160. The maximum Gasteiger partial charge on any atom is 0.420 e. The molecular weight excluding hydrogens is 814 g/mol. The number of hydrogen-bond donors (Lipinski definition) is 3. The van der Waals surface area contributed by atoms with Crippen molar-refractivity contribution in [2.45, 2.75) is 75.0 Å². The minimum atomic E-state index is -1.56. The summed E-state index contributed by atoms with van der Waals surface area (Å²) in [6.07, 6.45) is 6.14. The fourth-order valence-corrected chi connectivity index (χ4v) is 9.37. The van der Waals surface area contributed by atoms with E-state index in [4.69, 9.17) is 4.42 Å². The second-order valence-electron chi connectivity index (χ2n) is 17.0. The zero-order valence-electron chi connectivity index (χ0n) is 34.6. The molecule has 2 aromatic carbocycles. The van der Waals surface area contributed by atoms with Crippen LogP contribution in [0.1, 0.15) is 68.9 Å². The van der Waals surface area contributed by atoms with Gasteiger partial charge in [0.2, 0.25) is 23.7 Å². The highest BCUT2D eigenvalue weighted by atomic mass is 19.1. The van der Waals surface area contributed by atoms with Crippen molar-refractivity contribution in [2.24, 2.45) is 0 Å². The number of aromatic nitrogens is 4. The summed E-state index contributed by atoms with van der Waals surface area (Å²) >= 11 is 0. The van der Waals surface area contributed by atoms with E-state index in [-0.39, 0.29) is 92.2 Å². The number of amides is 4. The summed E-state index contributed by atoms with van der Waals surface area (Å²) < 4.78 is 23.3. The molecule has 0 aliphatic carbocycles. The number of imide groups is 1. The van der Waals surface area contributed by atoms with Crippen LogP contribution in [0.3, 0.4) is 0 Å². The van der Waals surface area contributed by atoms with Crippen LogP contribution >= 0.6 is 0 Å². The number of piperidine rings is 4. The molecule has 0 radical (unpaired) electrons. The summed E-state index contributed by atoms with van der Waals surface area (Å²) in [5, 5.41) is 17.1. The first-order valence-corrected chi connectivity index (χ1v) is 21.5. The van der Waals surface area contributed by atoms with Gasteiger partial charge in [0.25, 0.3) is 11.5 Å². The summed E-state index contributed by atoms with van der Waals surface area (Å²) in [7, 11) is 0. The lowest BCUT2D eigenvalue weighted by Crippen LogP contribution is -2.58. The van der Waals surface area contributed by atoms with Crippen molar-refractivity contribution in [2.75, 3.05) is 51.1 Å². The van der Waals surface area contributed by atoms with Crippen molar-refractivity contribution in [3.63, 3.8) is 0 Å². The predicted molar refractivity (Wildman–Crippen MR) is 227 cm³/mol. The summed E-state index contributed by atoms with van der Waals surface area (Å²) in [4.78, 5) is 90.4. The van der Waals surface area contributed by atoms with Crippen molar-refractivity contribution in [1.82, 2.24) is 39.1 Å². The lowest BCUT2D eigenvalue weighted by atomic mass is 9.88. The second-order valence-corrected chi connectivity index (χ2v) is 17.0. The number of likely N-dealkylation sites (tertiary alicyclic amines) is 3. The highest BCUT2D eigenvalue weighted by Crippen LogP contribution is 2.33. The number of fused-ring (bicyclic) bond motifs is 1. The molecule has 0 spiro atoms. The Bertz CT molecular complexity index is 2690. The number of halogens is 1. The molecule has 9 rings (SSSR count). The quantitative estimate of drug-likeness (QED) is 0.183. The third kappa shape index (κ3) is 8.64. The van der Waals surface area contributed by atoms with Crippen molar-refractivity contribution in [3.05, 3.63) is 105 Å². The molecule has 3 N–H and O–H groups in total. The number of aliphatic hydroxyl groups is 1. The molecule has 3 aromatic heterocycles. The molecule has 4 saturated heterocycles. The Morgan fingerprint density at radius 3 is 2.41 bits per heavy atom. The number of benzene rings is 2. The lowest BCUT2D eigenvalue weighted by Gasteiger charge is -2.42. The van der Waals surface area contributed by atoms with E-state index in [9.17, 15) is 33.9 Å². The Morgan fingerprint density at radius 2 is 1.67 bits per heavy atom.